The van der Waals surface area contributed by atoms with Crippen molar-refractivity contribution < 1.29 is 4.79 Å². The third-order valence-corrected chi connectivity index (χ3v) is 4.87. The Morgan fingerprint density at radius 1 is 1.48 bits per heavy atom. The summed E-state index contributed by atoms with van der Waals surface area (Å²) in [4.78, 5) is 21.1. The second kappa shape index (κ2) is 7.84. The third-order valence-electron chi connectivity index (χ3n) is 3.99. The van der Waals surface area contributed by atoms with Crippen molar-refractivity contribution in [3.63, 3.8) is 0 Å². The van der Waals surface area contributed by atoms with Crippen molar-refractivity contribution in [1.82, 2.24) is 20.1 Å². The zero-order chi connectivity index (χ0) is 15.2. The summed E-state index contributed by atoms with van der Waals surface area (Å²) in [5.41, 5.74) is 5.99. The highest BCUT2D eigenvalue weighted by molar-refractivity contribution is 7.09. The molecule has 0 spiro atoms. The van der Waals surface area contributed by atoms with Gasteiger partial charge in [0.25, 0.3) is 5.91 Å². The molecular weight excluding hydrogens is 286 g/mol. The Morgan fingerprint density at radius 3 is 2.76 bits per heavy atom. The van der Waals surface area contributed by atoms with Crippen LogP contribution in [0.3, 0.4) is 0 Å². The lowest BCUT2D eigenvalue weighted by Crippen LogP contribution is -2.52. The molecule has 2 rings (SSSR count). The van der Waals surface area contributed by atoms with Crippen molar-refractivity contribution in [3.05, 3.63) is 16.1 Å². The molecule has 1 amide bonds. The number of likely N-dealkylation sites (N-methyl/N-ethyl adjacent to an activating group) is 1. The summed E-state index contributed by atoms with van der Waals surface area (Å²) >= 11 is 1.43. The van der Waals surface area contributed by atoms with E-state index in [1.54, 1.807) is 5.38 Å². The van der Waals surface area contributed by atoms with Crippen molar-refractivity contribution in [1.29, 1.82) is 0 Å². The number of rotatable bonds is 6. The van der Waals surface area contributed by atoms with Crippen molar-refractivity contribution in [2.45, 2.75) is 26.4 Å². The van der Waals surface area contributed by atoms with E-state index in [-0.39, 0.29) is 5.91 Å². The predicted octanol–water partition coefficient (Wildman–Crippen LogP) is 0.358. The van der Waals surface area contributed by atoms with Gasteiger partial charge in [-0.15, -0.1) is 11.3 Å². The van der Waals surface area contributed by atoms with Crippen molar-refractivity contribution in [2.24, 2.45) is 5.73 Å². The molecular formula is C14H25N5OS. The molecule has 0 aliphatic carbocycles. The molecule has 0 saturated carbocycles. The Hall–Kier alpha value is -1.02. The molecule has 1 saturated heterocycles. The number of nitrogens with one attached hydrogen (secondary N) is 1. The van der Waals surface area contributed by atoms with Gasteiger partial charge in [0.15, 0.2) is 0 Å². The van der Waals surface area contributed by atoms with E-state index in [1.165, 1.54) is 11.3 Å². The van der Waals surface area contributed by atoms with Gasteiger partial charge in [0, 0.05) is 50.7 Å². The van der Waals surface area contributed by atoms with Crippen LogP contribution in [-0.2, 0) is 6.54 Å². The van der Waals surface area contributed by atoms with Crippen LogP contribution in [0.25, 0.3) is 0 Å². The maximum atomic E-state index is 12.0. The number of piperazine rings is 1. The summed E-state index contributed by atoms with van der Waals surface area (Å²) < 4.78 is 0. The second-order valence-electron chi connectivity index (χ2n) is 5.36. The number of amides is 1. The summed E-state index contributed by atoms with van der Waals surface area (Å²) in [5, 5.41) is 5.53. The Bertz CT molecular complexity index is 456. The molecule has 1 aliphatic rings. The van der Waals surface area contributed by atoms with Crippen LogP contribution >= 0.6 is 11.3 Å². The fourth-order valence-electron chi connectivity index (χ4n) is 2.49. The summed E-state index contributed by atoms with van der Waals surface area (Å²) in [5.74, 6) is -0.106. The van der Waals surface area contributed by atoms with Gasteiger partial charge < -0.3 is 16.0 Å². The van der Waals surface area contributed by atoms with Crippen molar-refractivity contribution >= 4 is 17.2 Å². The number of aromatic nitrogens is 1. The lowest BCUT2D eigenvalue weighted by atomic mass is 10.2. The first-order chi connectivity index (χ1) is 10.1. The van der Waals surface area contributed by atoms with Gasteiger partial charge in [-0.2, -0.15) is 0 Å². The number of carbonyl (C=O) groups excluding carboxylic acids is 1. The average Bonchev–Trinajstić information content (AvgIpc) is 3.01. The Morgan fingerprint density at radius 2 is 2.19 bits per heavy atom. The van der Waals surface area contributed by atoms with Gasteiger partial charge in [-0.25, -0.2) is 4.98 Å². The molecule has 6 nitrogen and oxygen atoms in total. The van der Waals surface area contributed by atoms with E-state index in [4.69, 9.17) is 5.73 Å². The second-order valence-corrected chi connectivity index (χ2v) is 6.30. The number of carbonyl (C=O) groups is 1. The summed E-state index contributed by atoms with van der Waals surface area (Å²) in [6.45, 7) is 10.9. The van der Waals surface area contributed by atoms with Gasteiger partial charge in [0.1, 0.15) is 10.7 Å². The topological polar surface area (TPSA) is 74.5 Å². The SMILES string of the molecule is CCN1CCN(C(C)CNC(=O)c2csc(CN)n2)CC1. The first-order valence-corrected chi connectivity index (χ1v) is 8.41. The fraction of sp³-hybridized carbons (Fsp3) is 0.714. The average molecular weight is 311 g/mol. The minimum Gasteiger partial charge on any atom is -0.349 e. The Kier molecular flexibility index (Phi) is 6.10. The number of hydrogen-bond donors (Lipinski definition) is 2. The molecule has 1 aromatic rings. The third kappa shape index (κ3) is 4.47. The zero-order valence-corrected chi connectivity index (χ0v) is 13.7. The highest BCUT2D eigenvalue weighted by atomic mass is 32.1. The summed E-state index contributed by atoms with van der Waals surface area (Å²) in [6.07, 6.45) is 0. The maximum absolute atomic E-state index is 12.0. The minimum absolute atomic E-state index is 0.106. The molecule has 0 radical (unpaired) electrons. The minimum atomic E-state index is -0.106. The number of nitrogens with two attached hydrogens (primary N) is 1. The van der Waals surface area contributed by atoms with Gasteiger partial charge in [0.2, 0.25) is 0 Å². The van der Waals surface area contributed by atoms with Crippen LogP contribution in [0.1, 0.15) is 29.3 Å². The molecule has 0 aromatic carbocycles. The number of hydrogen-bond acceptors (Lipinski definition) is 6. The van der Waals surface area contributed by atoms with E-state index >= 15 is 0 Å². The van der Waals surface area contributed by atoms with Gasteiger partial charge in [-0.3, -0.25) is 9.69 Å². The Balaban J connectivity index is 1.76. The van der Waals surface area contributed by atoms with Crippen molar-refractivity contribution in [2.75, 3.05) is 39.3 Å². The molecule has 1 aliphatic heterocycles. The molecule has 2 heterocycles. The molecule has 1 unspecified atom stereocenters. The molecule has 118 valence electrons. The lowest BCUT2D eigenvalue weighted by molar-refractivity contribution is 0.0879. The van der Waals surface area contributed by atoms with E-state index in [0.717, 1.165) is 37.7 Å². The first-order valence-electron chi connectivity index (χ1n) is 7.53. The first kappa shape index (κ1) is 16.4. The van der Waals surface area contributed by atoms with E-state index in [9.17, 15) is 4.79 Å². The van der Waals surface area contributed by atoms with Crippen LogP contribution in [-0.4, -0.2) is 66.0 Å². The van der Waals surface area contributed by atoms with Gasteiger partial charge >= 0.3 is 0 Å². The quantitative estimate of drug-likeness (QED) is 0.793. The molecule has 1 aromatic heterocycles. The summed E-state index contributed by atoms with van der Waals surface area (Å²) in [7, 11) is 0. The molecule has 21 heavy (non-hydrogen) atoms. The van der Waals surface area contributed by atoms with Crippen LogP contribution in [0.2, 0.25) is 0 Å². The van der Waals surface area contributed by atoms with Crippen LogP contribution < -0.4 is 11.1 Å². The molecule has 0 bridgehead atoms. The fourth-order valence-corrected chi connectivity index (χ4v) is 3.14. The molecule has 1 fully saturated rings. The van der Waals surface area contributed by atoms with Gasteiger partial charge in [-0.05, 0) is 13.5 Å². The van der Waals surface area contributed by atoms with Crippen LogP contribution in [0.5, 0.6) is 0 Å². The maximum Gasteiger partial charge on any atom is 0.270 e. The van der Waals surface area contributed by atoms with Crippen LogP contribution in [0, 0.1) is 0 Å². The van der Waals surface area contributed by atoms with Gasteiger partial charge in [-0.1, -0.05) is 6.92 Å². The molecule has 7 heteroatoms. The highest BCUT2D eigenvalue weighted by Gasteiger charge is 2.21. The summed E-state index contributed by atoms with van der Waals surface area (Å²) in [6, 6.07) is 0.348. The zero-order valence-electron chi connectivity index (χ0n) is 12.8. The lowest BCUT2D eigenvalue weighted by Gasteiger charge is -2.37. The predicted molar refractivity (Wildman–Crippen MR) is 85.5 cm³/mol. The standard InChI is InChI=1S/C14H25N5OS/c1-3-18-4-6-19(7-5-18)11(2)9-16-14(20)12-10-21-13(8-15)17-12/h10-11H,3-9,15H2,1-2H3,(H,16,20). The van der Waals surface area contributed by atoms with E-state index in [1.807, 2.05) is 0 Å². The largest absolute Gasteiger partial charge is 0.349 e. The van der Waals surface area contributed by atoms with Gasteiger partial charge in [0.05, 0.1) is 0 Å². The number of thiazole rings is 1. The van der Waals surface area contributed by atoms with E-state index in [0.29, 0.717) is 24.8 Å². The Labute approximate surface area is 130 Å². The monoisotopic (exact) mass is 311 g/mol. The molecule has 1 atom stereocenters. The van der Waals surface area contributed by atoms with Crippen LogP contribution in [0.4, 0.5) is 0 Å². The van der Waals surface area contributed by atoms with E-state index < -0.39 is 0 Å². The highest BCUT2D eigenvalue weighted by Crippen LogP contribution is 2.09. The normalized spacial score (nSPS) is 18.6. The number of nitrogens with zero attached hydrogens (tertiary/aromatic N) is 3. The van der Waals surface area contributed by atoms with Crippen LogP contribution in [0.15, 0.2) is 5.38 Å². The van der Waals surface area contributed by atoms with Crippen molar-refractivity contribution in [3.8, 4) is 0 Å². The smallest absolute Gasteiger partial charge is 0.270 e. The molecule has 3 N–H and O–H groups in total. The van der Waals surface area contributed by atoms with E-state index in [2.05, 4.69) is 33.9 Å².